The second-order valence-electron chi connectivity index (χ2n) is 9.67. The van der Waals surface area contributed by atoms with Crippen LogP contribution in [0.5, 0.6) is 17.2 Å². The van der Waals surface area contributed by atoms with Gasteiger partial charge in [0.15, 0.2) is 23.1 Å². The van der Waals surface area contributed by atoms with Crippen LogP contribution in [0.15, 0.2) is 93.0 Å². The number of nitrogens with zero attached hydrogens (tertiary/aromatic N) is 3. The van der Waals surface area contributed by atoms with Crippen molar-refractivity contribution in [1.29, 1.82) is 0 Å². The molecule has 2 aliphatic heterocycles. The van der Waals surface area contributed by atoms with Crippen LogP contribution in [0.1, 0.15) is 38.7 Å². The van der Waals surface area contributed by atoms with Gasteiger partial charge in [0.05, 0.1) is 5.71 Å². The molecule has 0 amide bonds. The van der Waals surface area contributed by atoms with E-state index in [1.165, 1.54) is 0 Å². The van der Waals surface area contributed by atoms with Crippen molar-refractivity contribution in [2.75, 3.05) is 6.79 Å². The predicted octanol–water partition coefficient (Wildman–Crippen LogP) is 6.14. The summed E-state index contributed by atoms with van der Waals surface area (Å²) in [6.07, 6.45) is 4.86. The van der Waals surface area contributed by atoms with Gasteiger partial charge in [0.25, 0.3) is 0 Å². The van der Waals surface area contributed by atoms with Crippen molar-refractivity contribution in [3.63, 3.8) is 0 Å². The van der Waals surface area contributed by atoms with Crippen LogP contribution < -0.4 is 20.0 Å². The van der Waals surface area contributed by atoms with E-state index in [0.717, 1.165) is 58.7 Å². The van der Waals surface area contributed by atoms with Crippen molar-refractivity contribution in [3.05, 3.63) is 94.8 Å². The van der Waals surface area contributed by atoms with Gasteiger partial charge in [-0.1, -0.05) is 74.0 Å². The Morgan fingerprint density at radius 2 is 1.80 bits per heavy atom. The predicted molar refractivity (Wildman–Crippen MR) is 151 cm³/mol. The van der Waals surface area contributed by atoms with Gasteiger partial charge in [-0.15, -0.1) is 0 Å². The van der Waals surface area contributed by atoms with Crippen LogP contribution in [0.2, 0.25) is 0 Å². The monoisotopic (exact) mass is 538 g/mol. The van der Waals surface area contributed by atoms with Gasteiger partial charge in [-0.25, -0.2) is 4.79 Å². The number of aromatic nitrogens is 2. The smallest absolute Gasteiger partial charge is 0.439 e. The molecule has 2 aliphatic rings. The van der Waals surface area contributed by atoms with Gasteiger partial charge in [-0.2, -0.15) is 0 Å². The fourth-order valence-electron chi connectivity index (χ4n) is 4.97. The maximum absolute atomic E-state index is 11.5. The molecule has 1 atom stereocenters. The zero-order valence-electron chi connectivity index (χ0n) is 22.4. The first-order valence-corrected chi connectivity index (χ1v) is 13.5. The second kappa shape index (κ2) is 11.1. The normalized spacial score (nSPS) is 16.1. The number of aliphatic imine (C=N–C) groups is 1. The number of ether oxygens (including phenoxy) is 3. The number of H-pyrrole nitrogens is 1. The SMILES string of the molecule is CCCC1N=C(CC)C(Oc2ccc3c(c2)OCO3)=CN1Cc1ccc(-c2ccccc2-c2noc(=O)[nH]2)cc1. The van der Waals surface area contributed by atoms with E-state index in [-0.39, 0.29) is 13.0 Å². The summed E-state index contributed by atoms with van der Waals surface area (Å²) in [4.78, 5) is 21.5. The molecule has 0 bridgehead atoms. The zero-order valence-corrected chi connectivity index (χ0v) is 22.4. The number of hydrogen-bond acceptors (Lipinski definition) is 8. The van der Waals surface area contributed by atoms with Gasteiger partial charge < -0.3 is 19.1 Å². The fraction of sp³-hybridized carbons (Fsp3) is 0.258. The van der Waals surface area contributed by atoms with Crippen molar-refractivity contribution in [3.8, 4) is 39.8 Å². The second-order valence-corrected chi connectivity index (χ2v) is 9.67. The van der Waals surface area contributed by atoms with Gasteiger partial charge in [0.2, 0.25) is 6.79 Å². The molecule has 1 N–H and O–H groups in total. The Morgan fingerprint density at radius 1 is 1.00 bits per heavy atom. The molecule has 4 aromatic rings. The summed E-state index contributed by atoms with van der Waals surface area (Å²) in [7, 11) is 0. The summed E-state index contributed by atoms with van der Waals surface area (Å²) in [6, 6.07) is 21.8. The lowest BCUT2D eigenvalue weighted by Gasteiger charge is -2.33. The highest BCUT2D eigenvalue weighted by molar-refractivity contribution is 5.99. The van der Waals surface area contributed by atoms with Crippen molar-refractivity contribution in [2.24, 2.45) is 4.99 Å². The summed E-state index contributed by atoms with van der Waals surface area (Å²) in [6.45, 7) is 5.17. The molecule has 204 valence electrons. The van der Waals surface area contributed by atoms with E-state index in [1.807, 2.05) is 42.5 Å². The summed E-state index contributed by atoms with van der Waals surface area (Å²) >= 11 is 0. The molecule has 0 aliphatic carbocycles. The molecule has 0 radical (unpaired) electrons. The van der Waals surface area contributed by atoms with Crippen LogP contribution in [0.3, 0.4) is 0 Å². The highest BCUT2D eigenvalue weighted by Gasteiger charge is 2.25. The maximum atomic E-state index is 11.5. The number of fused-ring (bicyclic) bond motifs is 1. The summed E-state index contributed by atoms with van der Waals surface area (Å²) < 4.78 is 22.0. The molecule has 6 rings (SSSR count). The average molecular weight is 539 g/mol. The Labute approximate surface area is 231 Å². The summed E-state index contributed by atoms with van der Waals surface area (Å²) in [5.41, 5.74) is 4.86. The summed E-state index contributed by atoms with van der Waals surface area (Å²) in [5, 5.41) is 3.87. The molecule has 0 spiro atoms. The molecule has 3 heterocycles. The van der Waals surface area contributed by atoms with E-state index in [2.05, 4.69) is 59.4 Å². The Bertz CT molecular complexity index is 1620. The van der Waals surface area contributed by atoms with Crippen molar-refractivity contribution in [2.45, 2.75) is 45.8 Å². The number of allylic oxidation sites excluding steroid dienone is 1. The molecule has 9 nitrogen and oxygen atoms in total. The lowest BCUT2D eigenvalue weighted by atomic mass is 9.98. The number of aromatic amines is 1. The van der Waals surface area contributed by atoms with Crippen molar-refractivity contribution < 1.29 is 18.7 Å². The first-order valence-electron chi connectivity index (χ1n) is 13.5. The third-order valence-corrected chi connectivity index (χ3v) is 6.96. The average Bonchev–Trinajstić information content (AvgIpc) is 3.63. The van der Waals surface area contributed by atoms with E-state index in [9.17, 15) is 4.79 Å². The van der Waals surface area contributed by atoms with E-state index < -0.39 is 5.76 Å². The summed E-state index contributed by atoms with van der Waals surface area (Å²) in [5.74, 6) is 2.65. The minimum Gasteiger partial charge on any atom is -0.454 e. The zero-order chi connectivity index (χ0) is 27.5. The third-order valence-electron chi connectivity index (χ3n) is 6.96. The van der Waals surface area contributed by atoms with E-state index in [1.54, 1.807) is 0 Å². The van der Waals surface area contributed by atoms with E-state index in [0.29, 0.717) is 23.9 Å². The number of nitrogens with one attached hydrogen (secondary N) is 1. The van der Waals surface area contributed by atoms with Gasteiger partial charge in [-0.05, 0) is 41.7 Å². The molecule has 9 heteroatoms. The first-order chi connectivity index (χ1) is 19.6. The highest BCUT2D eigenvalue weighted by atomic mass is 16.7. The molecular formula is C31H30N4O5. The highest BCUT2D eigenvalue weighted by Crippen LogP contribution is 2.36. The Kier molecular flexibility index (Phi) is 7.09. The van der Waals surface area contributed by atoms with Gasteiger partial charge in [0, 0.05) is 24.4 Å². The van der Waals surface area contributed by atoms with Crippen LogP contribution >= 0.6 is 0 Å². The van der Waals surface area contributed by atoms with Crippen LogP contribution in [0.4, 0.5) is 0 Å². The molecule has 1 aromatic heterocycles. The minimum atomic E-state index is -0.577. The van der Waals surface area contributed by atoms with Crippen molar-refractivity contribution >= 4 is 5.71 Å². The quantitative estimate of drug-likeness (QED) is 0.273. The van der Waals surface area contributed by atoms with Crippen LogP contribution in [0.25, 0.3) is 22.5 Å². The van der Waals surface area contributed by atoms with Gasteiger partial charge in [0.1, 0.15) is 11.9 Å². The van der Waals surface area contributed by atoms with E-state index >= 15 is 0 Å². The molecule has 1 unspecified atom stereocenters. The molecule has 40 heavy (non-hydrogen) atoms. The third kappa shape index (κ3) is 5.22. The number of benzene rings is 3. The van der Waals surface area contributed by atoms with Crippen molar-refractivity contribution in [1.82, 2.24) is 15.0 Å². The molecular weight excluding hydrogens is 508 g/mol. The molecule has 0 saturated heterocycles. The molecule has 0 saturated carbocycles. The first kappa shape index (κ1) is 25.5. The topological polar surface area (TPSA) is 102 Å². The lowest BCUT2D eigenvalue weighted by molar-refractivity contribution is 0.174. The van der Waals surface area contributed by atoms with Gasteiger partial charge >= 0.3 is 5.76 Å². The largest absolute Gasteiger partial charge is 0.454 e. The molecule has 0 fully saturated rings. The maximum Gasteiger partial charge on any atom is 0.439 e. The fourth-order valence-corrected chi connectivity index (χ4v) is 4.97. The van der Waals surface area contributed by atoms with Crippen LogP contribution in [-0.4, -0.2) is 33.7 Å². The van der Waals surface area contributed by atoms with Gasteiger partial charge in [-0.3, -0.25) is 14.5 Å². The standard InChI is InChI=1S/C31H30N4O5/c1-3-7-29-32-25(4-2)28(39-22-14-15-26-27(16-22)38-19-37-26)18-35(29)17-20-10-12-21(13-11-20)23-8-5-6-9-24(23)30-33-31(36)40-34-30/h5-6,8-16,18,29H,3-4,7,17,19H2,1-2H3,(H,33,34,36). The minimum absolute atomic E-state index is 0.0356. The molecule has 3 aromatic carbocycles. The van der Waals surface area contributed by atoms with E-state index in [4.69, 9.17) is 23.7 Å². The Hall–Kier alpha value is -4.79. The van der Waals surface area contributed by atoms with Crippen LogP contribution in [-0.2, 0) is 6.54 Å². The number of hydrogen-bond donors (Lipinski definition) is 1. The Morgan fingerprint density at radius 3 is 2.55 bits per heavy atom. The number of rotatable bonds is 9. The lowest BCUT2D eigenvalue weighted by Crippen LogP contribution is -2.35. The Balaban J connectivity index is 1.25. The van der Waals surface area contributed by atoms with Crippen LogP contribution in [0, 0.1) is 0 Å².